The Labute approximate surface area is 186 Å². The second-order valence-electron chi connectivity index (χ2n) is 8.18. The monoisotopic (exact) mass is 449 g/mol. The molecule has 1 aromatic heterocycles. The van der Waals surface area contributed by atoms with Crippen molar-refractivity contribution in [1.82, 2.24) is 19.8 Å². The van der Waals surface area contributed by atoms with Gasteiger partial charge in [-0.3, -0.25) is 4.79 Å². The Morgan fingerprint density at radius 1 is 1.00 bits per heavy atom. The van der Waals surface area contributed by atoms with Crippen molar-refractivity contribution < 1.29 is 13.2 Å². The molecule has 0 radical (unpaired) electrons. The molecule has 2 aliphatic rings. The summed E-state index contributed by atoms with van der Waals surface area (Å²) in [6.45, 7) is 0.607. The van der Waals surface area contributed by atoms with E-state index in [0.29, 0.717) is 29.2 Å². The highest BCUT2D eigenvalue weighted by Crippen LogP contribution is 2.33. The third kappa shape index (κ3) is 3.63. The number of amides is 1. The molecule has 2 aromatic carbocycles. The molecule has 0 saturated heterocycles. The summed E-state index contributed by atoms with van der Waals surface area (Å²) in [4.78, 5) is 12.3. The first-order valence-corrected chi connectivity index (χ1v) is 11.9. The standard InChI is InChI=1S/C23H23N5O3S/c1-28(17-5-6-17)32(30,31)18-7-2-14(3-8-18)21-13-20(22(24)27-26-21)15-4-9-19-16(12-15)10-11-25-23(19)29/h2-4,7-9,12-13,17H,5-6,10-11H2,1H3,(H2,24,27)(H,25,29). The lowest BCUT2D eigenvalue weighted by molar-refractivity contribution is 0.0946. The second kappa shape index (κ2) is 7.68. The van der Waals surface area contributed by atoms with Crippen LogP contribution in [0.4, 0.5) is 5.82 Å². The summed E-state index contributed by atoms with van der Waals surface area (Å²) in [5.41, 5.74) is 10.7. The zero-order valence-corrected chi connectivity index (χ0v) is 18.4. The fraction of sp³-hybridized carbons (Fsp3) is 0.261. The first-order valence-electron chi connectivity index (χ1n) is 10.5. The topological polar surface area (TPSA) is 118 Å². The number of benzene rings is 2. The summed E-state index contributed by atoms with van der Waals surface area (Å²) < 4.78 is 26.9. The zero-order valence-electron chi connectivity index (χ0n) is 17.6. The number of nitrogen functional groups attached to an aromatic ring is 1. The fourth-order valence-corrected chi connectivity index (χ4v) is 5.38. The molecule has 0 atom stereocenters. The average Bonchev–Trinajstić information content (AvgIpc) is 3.64. The molecule has 1 amide bonds. The Hall–Kier alpha value is -3.30. The number of nitrogens with two attached hydrogens (primary N) is 1. The van der Waals surface area contributed by atoms with E-state index in [1.807, 2.05) is 18.2 Å². The van der Waals surface area contributed by atoms with Crippen LogP contribution in [0.25, 0.3) is 22.4 Å². The van der Waals surface area contributed by atoms with Crippen LogP contribution in [0.3, 0.4) is 0 Å². The number of nitrogens with zero attached hydrogens (tertiary/aromatic N) is 3. The van der Waals surface area contributed by atoms with Gasteiger partial charge in [0.25, 0.3) is 5.91 Å². The van der Waals surface area contributed by atoms with Gasteiger partial charge in [0, 0.05) is 36.3 Å². The van der Waals surface area contributed by atoms with Crippen molar-refractivity contribution >= 4 is 21.7 Å². The number of anilines is 1. The summed E-state index contributed by atoms with van der Waals surface area (Å²) in [6.07, 6.45) is 2.57. The molecule has 164 valence electrons. The van der Waals surface area contributed by atoms with Crippen molar-refractivity contribution in [1.29, 1.82) is 0 Å². The number of carbonyl (C=O) groups is 1. The number of aromatic nitrogens is 2. The quantitative estimate of drug-likeness (QED) is 0.618. The smallest absolute Gasteiger partial charge is 0.251 e. The molecule has 0 unspecified atom stereocenters. The largest absolute Gasteiger partial charge is 0.382 e. The van der Waals surface area contributed by atoms with Crippen molar-refractivity contribution in [2.75, 3.05) is 19.3 Å². The van der Waals surface area contributed by atoms with E-state index >= 15 is 0 Å². The van der Waals surface area contributed by atoms with Crippen LogP contribution in [0.5, 0.6) is 0 Å². The fourth-order valence-electron chi connectivity index (χ4n) is 3.97. The Morgan fingerprint density at radius 2 is 1.72 bits per heavy atom. The highest BCUT2D eigenvalue weighted by Gasteiger charge is 2.35. The molecule has 0 spiro atoms. The number of hydrogen-bond acceptors (Lipinski definition) is 6. The number of fused-ring (bicyclic) bond motifs is 1. The lowest BCUT2D eigenvalue weighted by atomic mass is 9.95. The van der Waals surface area contributed by atoms with Crippen LogP contribution in [-0.2, 0) is 16.4 Å². The third-order valence-corrected chi connectivity index (χ3v) is 7.98. The molecule has 1 aliphatic heterocycles. The predicted octanol–water partition coefficient (Wildman–Crippen LogP) is 2.46. The number of rotatable bonds is 5. The Bertz CT molecular complexity index is 1320. The number of nitrogens with one attached hydrogen (secondary N) is 1. The van der Waals surface area contributed by atoms with E-state index in [0.717, 1.165) is 36.0 Å². The number of carbonyl (C=O) groups excluding carboxylic acids is 1. The molecule has 8 nitrogen and oxygen atoms in total. The normalized spacial score (nSPS) is 16.0. The molecule has 32 heavy (non-hydrogen) atoms. The molecule has 5 rings (SSSR count). The van der Waals surface area contributed by atoms with E-state index < -0.39 is 10.0 Å². The highest BCUT2D eigenvalue weighted by atomic mass is 32.2. The van der Waals surface area contributed by atoms with Crippen molar-refractivity contribution in [3.8, 4) is 22.4 Å². The van der Waals surface area contributed by atoms with Gasteiger partial charge < -0.3 is 11.1 Å². The van der Waals surface area contributed by atoms with E-state index in [1.165, 1.54) is 4.31 Å². The summed E-state index contributed by atoms with van der Waals surface area (Å²) in [7, 11) is -1.88. The summed E-state index contributed by atoms with van der Waals surface area (Å²) >= 11 is 0. The van der Waals surface area contributed by atoms with Crippen molar-refractivity contribution in [2.45, 2.75) is 30.2 Å². The van der Waals surface area contributed by atoms with Gasteiger partial charge in [0.2, 0.25) is 10.0 Å². The lowest BCUT2D eigenvalue weighted by Gasteiger charge is -2.18. The maximum atomic E-state index is 12.7. The van der Waals surface area contributed by atoms with Crippen LogP contribution in [0.15, 0.2) is 53.4 Å². The van der Waals surface area contributed by atoms with Crippen LogP contribution >= 0.6 is 0 Å². The van der Waals surface area contributed by atoms with Crippen molar-refractivity contribution in [2.24, 2.45) is 0 Å². The van der Waals surface area contributed by atoms with E-state index in [2.05, 4.69) is 15.5 Å². The molecule has 3 N–H and O–H groups in total. The molecular weight excluding hydrogens is 426 g/mol. The molecule has 3 aromatic rings. The summed E-state index contributed by atoms with van der Waals surface area (Å²) in [6, 6.07) is 14.2. The van der Waals surface area contributed by atoms with Gasteiger partial charge in [-0.15, -0.1) is 10.2 Å². The molecular formula is C23H23N5O3S. The Kier molecular flexibility index (Phi) is 4.94. The van der Waals surface area contributed by atoms with Gasteiger partial charge in [-0.1, -0.05) is 24.3 Å². The number of sulfonamides is 1. The van der Waals surface area contributed by atoms with Crippen molar-refractivity contribution in [3.05, 3.63) is 59.7 Å². The predicted molar refractivity (Wildman–Crippen MR) is 121 cm³/mol. The third-order valence-electron chi connectivity index (χ3n) is 6.05. The molecule has 0 bridgehead atoms. The minimum Gasteiger partial charge on any atom is -0.382 e. The van der Waals surface area contributed by atoms with Gasteiger partial charge in [-0.05, 0) is 54.7 Å². The maximum Gasteiger partial charge on any atom is 0.251 e. The van der Waals surface area contributed by atoms with Crippen LogP contribution in [0.2, 0.25) is 0 Å². The van der Waals surface area contributed by atoms with Gasteiger partial charge in [-0.25, -0.2) is 8.42 Å². The first-order chi connectivity index (χ1) is 15.3. The van der Waals surface area contributed by atoms with Crippen LogP contribution in [0, 0.1) is 0 Å². The first kappa shape index (κ1) is 20.6. The maximum absolute atomic E-state index is 12.7. The van der Waals surface area contributed by atoms with Gasteiger partial charge in [0.15, 0.2) is 5.82 Å². The van der Waals surface area contributed by atoms with E-state index in [9.17, 15) is 13.2 Å². The van der Waals surface area contributed by atoms with Crippen LogP contribution < -0.4 is 11.1 Å². The minimum atomic E-state index is -3.50. The lowest BCUT2D eigenvalue weighted by Crippen LogP contribution is -2.31. The molecule has 1 aliphatic carbocycles. The van der Waals surface area contributed by atoms with E-state index in [-0.39, 0.29) is 16.8 Å². The minimum absolute atomic E-state index is 0.0679. The average molecular weight is 450 g/mol. The van der Waals surface area contributed by atoms with E-state index in [4.69, 9.17) is 5.73 Å². The SMILES string of the molecule is CN(C1CC1)S(=O)(=O)c1ccc(-c2cc(-c3ccc4c(c3)CCNC4=O)c(N)nn2)cc1. The molecule has 1 fully saturated rings. The summed E-state index contributed by atoms with van der Waals surface area (Å²) in [5, 5.41) is 11.2. The zero-order chi connectivity index (χ0) is 22.5. The highest BCUT2D eigenvalue weighted by molar-refractivity contribution is 7.89. The Balaban J connectivity index is 1.47. The molecule has 1 saturated carbocycles. The Morgan fingerprint density at radius 3 is 2.44 bits per heavy atom. The van der Waals surface area contributed by atoms with E-state index in [1.54, 1.807) is 37.4 Å². The van der Waals surface area contributed by atoms with Gasteiger partial charge in [-0.2, -0.15) is 4.31 Å². The summed E-state index contributed by atoms with van der Waals surface area (Å²) in [5.74, 6) is 0.223. The number of hydrogen-bond donors (Lipinski definition) is 2. The van der Waals surface area contributed by atoms with Gasteiger partial charge in [0.1, 0.15) is 0 Å². The van der Waals surface area contributed by atoms with Gasteiger partial charge >= 0.3 is 0 Å². The molecule has 2 heterocycles. The van der Waals surface area contributed by atoms with Gasteiger partial charge in [0.05, 0.1) is 10.6 Å². The van der Waals surface area contributed by atoms with Crippen LogP contribution in [-0.4, -0.2) is 48.5 Å². The van der Waals surface area contributed by atoms with Crippen molar-refractivity contribution in [3.63, 3.8) is 0 Å². The van der Waals surface area contributed by atoms with Crippen LogP contribution in [0.1, 0.15) is 28.8 Å². The second-order valence-corrected chi connectivity index (χ2v) is 10.2. The molecule has 9 heteroatoms.